The van der Waals surface area contributed by atoms with E-state index in [0.717, 1.165) is 50.7 Å². The monoisotopic (exact) mass is 813 g/mol. The predicted octanol–water partition coefficient (Wildman–Crippen LogP) is 5.55. The summed E-state index contributed by atoms with van der Waals surface area (Å²) in [5, 5.41) is 6.14. The van der Waals surface area contributed by atoms with E-state index in [1.165, 1.54) is 4.90 Å². The molecular weight excluding hydrogens is 761 g/mol. The van der Waals surface area contributed by atoms with Crippen molar-refractivity contribution < 1.29 is 45.9 Å². The fourth-order valence-electron chi connectivity index (χ4n) is 8.92. The highest BCUT2D eigenvalue weighted by atomic mass is 32.2. The lowest BCUT2D eigenvalue weighted by Gasteiger charge is -2.47. The van der Waals surface area contributed by atoms with Gasteiger partial charge in [0.2, 0.25) is 21.8 Å². The maximum Gasteiger partial charge on any atom is 0.408 e. The summed E-state index contributed by atoms with van der Waals surface area (Å²) in [6.07, 6.45) is 11.7. The Labute approximate surface area is 332 Å². The molecule has 2 aliphatic carbocycles. The smallest absolute Gasteiger partial charge is 0.408 e. The number of sulfonamides is 1. The molecule has 2 saturated carbocycles. The Bertz CT molecular complexity index is 2060. The van der Waals surface area contributed by atoms with Crippen molar-refractivity contribution in [3.05, 3.63) is 47.2 Å². The number of carbonyl (C=O) groups excluding carboxylic acids is 4. The third kappa shape index (κ3) is 8.47. The Balaban J connectivity index is 1.23. The SMILES string of the molecule is CCCCCS(=O)(=O)NC(=O)[C@@]12CC[C@H]1/C=C\CCCCC[C@H](NC(=O)OC1CCC1)C(=O)N1C[C@@]3(CCc4c(c(C)nc5cc(F)c(F)cc45)O3)C[C@H]1C(=O)N2. The zero-order valence-electron chi connectivity index (χ0n) is 32.7. The zero-order chi connectivity index (χ0) is 40.5. The quantitative estimate of drug-likeness (QED) is 0.228. The average Bonchev–Trinajstić information content (AvgIpc) is 3.51. The van der Waals surface area contributed by atoms with E-state index in [9.17, 15) is 36.4 Å². The molecule has 1 saturated heterocycles. The van der Waals surface area contributed by atoms with Gasteiger partial charge in [0, 0.05) is 29.4 Å². The first-order valence-electron chi connectivity index (χ1n) is 20.5. The van der Waals surface area contributed by atoms with Crippen LogP contribution in [0.15, 0.2) is 24.3 Å². The largest absolute Gasteiger partial charge is 0.483 e. The Kier molecular flexibility index (Phi) is 11.8. The van der Waals surface area contributed by atoms with Crippen molar-refractivity contribution in [3.63, 3.8) is 0 Å². The minimum absolute atomic E-state index is 0.00598. The first kappa shape index (κ1) is 40.8. The number of hydrogen-bond acceptors (Lipinski definition) is 9. The number of halogens is 2. The van der Waals surface area contributed by atoms with Gasteiger partial charge in [0.05, 0.1) is 23.5 Å². The lowest BCUT2D eigenvalue weighted by atomic mass is 9.65. The van der Waals surface area contributed by atoms with Crippen LogP contribution in [0.2, 0.25) is 0 Å². The van der Waals surface area contributed by atoms with Gasteiger partial charge in [-0.1, -0.05) is 44.8 Å². The van der Waals surface area contributed by atoms with Crippen LogP contribution in [-0.4, -0.2) is 83.7 Å². The number of aromatic nitrogens is 1. The van der Waals surface area contributed by atoms with Crippen LogP contribution in [0.5, 0.6) is 5.75 Å². The lowest BCUT2D eigenvalue weighted by Crippen LogP contribution is -2.70. The van der Waals surface area contributed by atoms with Gasteiger partial charge in [-0.05, 0) is 83.6 Å². The summed E-state index contributed by atoms with van der Waals surface area (Å²) < 4.78 is 69.4. The number of benzene rings is 1. The van der Waals surface area contributed by atoms with Crippen molar-refractivity contribution >= 4 is 44.7 Å². The topological polar surface area (TPSA) is 173 Å². The normalized spacial score (nSPS) is 28.6. The molecule has 7 rings (SSSR count). The molecule has 310 valence electrons. The molecule has 4 amide bonds. The molecule has 0 radical (unpaired) electrons. The van der Waals surface area contributed by atoms with Crippen LogP contribution in [0, 0.1) is 24.5 Å². The van der Waals surface area contributed by atoms with E-state index in [1.807, 2.05) is 19.1 Å². The molecule has 3 fully saturated rings. The van der Waals surface area contributed by atoms with Gasteiger partial charge in [0.15, 0.2) is 11.6 Å². The van der Waals surface area contributed by atoms with Crippen LogP contribution < -0.4 is 20.1 Å². The summed E-state index contributed by atoms with van der Waals surface area (Å²) in [4.78, 5) is 62.6. The third-order valence-electron chi connectivity index (χ3n) is 12.5. The Morgan fingerprint density at radius 3 is 2.56 bits per heavy atom. The van der Waals surface area contributed by atoms with Crippen LogP contribution in [0.25, 0.3) is 10.9 Å². The van der Waals surface area contributed by atoms with Crippen molar-refractivity contribution in [2.75, 3.05) is 12.3 Å². The van der Waals surface area contributed by atoms with Gasteiger partial charge in [-0.25, -0.2) is 27.0 Å². The predicted molar refractivity (Wildman–Crippen MR) is 207 cm³/mol. The van der Waals surface area contributed by atoms with Crippen LogP contribution in [0.3, 0.4) is 0 Å². The molecule has 4 heterocycles. The molecule has 1 aromatic heterocycles. The molecule has 2 aromatic rings. The molecule has 1 spiro atoms. The van der Waals surface area contributed by atoms with Gasteiger partial charge in [0.25, 0.3) is 5.91 Å². The summed E-state index contributed by atoms with van der Waals surface area (Å²) in [6.45, 7) is 3.59. The zero-order valence-corrected chi connectivity index (χ0v) is 33.5. The van der Waals surface area contributed by atoms with E-state index < -0.39 is 74.6 Å². The molecule has 57 heavy (non-hydrogen) atoms. The van der Waals surface area contributed by atoms with E-state index in [4.69, 9.17) is 9.47 Å². The highest BCUT2D eigenvalue weighted by Gasteiger charge is 2.58. The number of unbranched alkanes of at least 4 members (excludes halogenated alkanes) is 2. The van der Waals surface area contributed by atoms with Crippen molar-refractivity contribution in [2.24, 2.45) is 5.92 Å². The molecule has 5 aliphatic rings. The van der Waals surface area contributed by atoms with E-state index in [2.05, 4.69) is 20.3 Å². The summed E-state index contributed by atoms with van der Waals surface area (Å²) in [5.41, 5.74) is -1.36. The van der Waals surface area contributed by atoms with Crippen LogP contribution in [0.1, 0.15) is 114 Å². The molecule has 3 N–H and O–H groups in total. The number of amides is 4. The number of allylic oxidation sites excluding steroid dienone is 1. The first-order valence-corrected chi connectivity index (χ1v) is 22.2. The van der Waals surface area contributed by atoms with Gasteiger partial charge in [-0.2, -0.15) is 0 Å². The number of nitrogens with zero attached hydrogens (tertiary/aromatic N) is 2. The molecular formula is C41H53F2N5O8S. The number of fused-ring (bicyclic) bond motifs is 5. The molecule has 5 atom stereocenters. The van der Waals surface area contributed by atoms with Gasteiger partial charge >= 0.3 is 6.09 Å². The van der Waals surface area contributed by atoms with Gasteiger partial charge in [-0.15, -0.1) is 0 Å². The van der Waals surface area contributed by atoms with E-state index in [0.29, 0.717) is 73.8 Å². The van der Waals surface area contributed by atoms with Crippen molar-refractivity contribution in [3.8, 4) is 5.75 Å². The number of carbonyl (C=O) groups is 4. The fraction of sp³-hybridized carbons (Fsp3) is 0.634. The molecule has 13 nitrogen and oxygen atoms in total. The number of nitrogens with one attached hydrogen (secondary N) is 3. The van der Waals surface area contributed by atoms with E-state index in [1.54, 1.807) is 6.92 Å². The fourth-order valence-corrected chi connectivity index (χ4v) is 10.1. The van der Waals surface area contributed by atoms with Crippen molar-refractivity contribution in [2.45, 2.75) is 146 Å². The summed E-state index contributed by atoms with van der Waals surface area (Å²) in [5.74, 6) is -4.37. The highest BCUT2D eigenvalue weighted by molar-refractivity contribution is 7.90. The number of alkyl carbamates (subject to hydrolysis) is 1. The number of aryl methyl sites for hydroxylation is 2. The standard InChI is InChI=1S/C41H53F2N5O8S/c1-3-4-10-20-57(53,54)47-38(51)41-19-16-26(41)12-8-6-5-7-9-15-32(45-39(52)55-27-13-11-14-27)37(50)48-24-40(23-34(48)36(49)46-41)18-17-28-29-21-30(42)31(43)22-33(29)44-25(2)35(28)56-40/h8,12,21-22,26-27,32,34H,3-7,9-11,13-20,23-24H2,1-2H3,(H,45,52)(H,46,49)(H,47,51)/b12-8-/t26-,32+,34+,40-,41-/m1/s1. The number of hydrogen-bond donors (Lipinski definition) is 3. The number of pyridine rings is 1. The van der Waals surface area contributed by atoms with Crippen molar-refractivity contribution in [1.29, 1.82) is 0 Å². The molecule has 3 aliphatic heterocycles. The van der Waals surface area contributed by atoms with Crippen molar-refractivity contribution in [1.82, 2.24) is 25.2 Å². The second-order valence-electron chi connectivity index (χ2n) is 16.5. The Hall–Kier alpha value is -4.34. The Morgan fingerprint density at radius 2 is 1.84 bits per heavy atom. The second-order valence-corrected chi connectivity index (χ2v) is 18.4. The maximum absolute atomic E-state index is 14.7. The molecule has 16 heteroatoms. The van der Waals surface area contributed by atoms with Crippen LogP contribution in [0.4, 0.5) is 13.6 Å². The highest BCUT2D eigenvalue weighted by Crippen LogP contribution is 2.46. The van der Waals surface area contributed by atoms with Gasteiger partial charge in [0.1, 0.15) is 35.1 Å². The lowest BCUT2D eigenvalue weighted by molar-refractivity contribution is -0.144. The molecule has 0 unspecified atom stereocenters. The molecule has 1 aromatic carbocycles. The minimum atomic E-state index is -4.00. The van der Waals surface area contributed by atoms with E-state index in [-0.39, 0.29) is 36.8 Å². The van der Waals surface area contributed by atoms with Gasteiger partial charge in [-0.3, -0.25) is 19.1 Å². The summed E-state index contributed by atoms with van der Waals surface area (Å²) in [7, 11) is -4.00. The summed E-state index contributed by atoms with van der Waals surface area (Å²) >= 11 is 0. The first-order chi connectivity index (χ1) is 27.2. The van der Waals surface area contributed by atoms with Gasteiger partial charge < -0.3 is 25.0 Å². The Morgan fingerprint density at radius 1 is 1.05 bits per heavy atom. The molecule has 0 bridgehead atoms. The minimum Gasteiger partial charge on any atom is -0.483 e. The third-order valence-corrected chi connectivity index (χ3v) is 13.9. The van der Waals surface area contributed by atoms with E-state index >= 15 is 0 Å². The second kappa shape index (κ2) is 16.5. The number of ether oxygens (including phenoxy) is 2. The number of rotatable bonds is 8. The summed E-state index contributed by atoms with van der Waals surface area (Å²) in [6, 6.07) is -0.0464. The maximum atomic E-state index is 14.7. The van der Waals surface area contributed by atoms with Crippen LogP contribution >= 0.6 is 0 Å². The van der Waals surface area contributed by atoms with Crippen LogP contribution in [-0.2, 0) is 35.6 Å². The average molecular weight is 814 g/mol.